The number of carbonyl (C=O) groups is 2. The fraction of sp³-hybridized carbons (Fsp3) is 0.0667. The van der Waals surface area contributed by atoms with Crippen molar-refractivity contribution in [2.24, 2.45) is 5.73 Å². The normalized spacial score (nSPS) is 10.0. The van der Waals surface area contributed by atoms with E-state index in [0.717, 1.165) is 0 Å². The van der Waals surface area contributed by atoms with E-state index in [4.69, 9.17) is 15.6 Å². The molecule has 2 aromatic carbocycles. The van der Waals surface area contributed by atoms with Gasteiger partial charge >= 0.3 is 5.97 Å². The molecule has 0 aliphatic carbocycles. The second kappa shape index (κ2) is 5.88. The molecule has 102 valence electrons. The summed E-state index contributed by atoms with van der Waals surface area (Å²) in [5.74, 6) is -1.12. The number of benzene rings is 2. The molecule has 0 bridgehead atoms. The quantitative estimate of drug-likeness (QED) is 0.871. The second-order valence-corrected chi connectivity index (χ2v) is 4.14. The highest BCUT2D eigenvalue weighted by Gasteiger charge is 2.08. The van der Waals surface area contributed by atoms with E-state index in [0.29, 0.717) is 16.9 Å². The van der Waals surface area contributed by atoms with E-state index in [1.54, 1.807) is 36.4 Å². The predicted molar refractivity (Wildman–Crippen MR) is 72.7 cm³/mol. The molecule has 3 N–H and O–H groups in total. The molecule has 0 aromatic heterocycles. The average molecular weight is 271 g/mol. The molecule has 2 rings (SSSR count). The van der Waals surface area contributed by atoms with E-state index in [9.17, 15) is 9.59 Å². The molecule has 0 radical (unpaired) electrons. The Morgan fingerprint density at radius 2 is 1.85 bits per heavy atom. The lowest BCUT2D eigenvalue weighted by atomic mass is 10.1. The van der Waals surface area contributed by atoms with Gasteiger partial charge in [0, 0.05) is 11.1 Å². The first-order valence-corrected chi connectivity index (χ1v) is 5.92. The molecule has 0 spiro atoms. The minimum absolute atomic E-state index is 0.141. The first-order chi connectivity index (χ1) is 9.58. The number of ether oxygens (including phenoxy) is 1. The molecule has 0 aliphatic rings. The fourth-order valence-corrected chi connectivity index (χ4v) is 1.77. The van der Waals surface area contributed by atoms with Crippen LogP contribution in [0.2, 0.25) is 0 Å². The number of carboxylic acids is 1. The summed E-state index contributed by atoms with van der Waals surface area (Å²) in [4.78, 5) is 22.1. The molecule has 0 aliphatic heterocycles. The lowest BCUT2D eigenvalue weighted by Crippen LogP contribution is -2.14. The van der Waals surface area contributed by atoms with Gasteiger partial charge < -0.3 is 15.6 Å². The largest absolute Gasteiger partial charge is 0.489 e. The maximum Gasteiger partial charge on any atom is 0.335 e. The highest BCUT2D eigenvalue weighted by molar-refractivity contribution is 5.94. The summed E-state index contributed by atoms with van der Waals surface area (Å²) < 4.78 is 5.50. The number of rotatable bonds is 5. The van der Waals surface area contributed by atoms with E-state index in [2.05, 4.69) is 0 Å². The highest BCUT2D eigenvalue weighted by atomic mass is 16.5. The van der Waals surface area contributed by atoms with Crippen molar-refractivity contribution in [1.29, 1.82) is 0 Å². The first kappa shape index (κ1) is 13.6. The molecule has 0 heterocycles. The summed E-state index contributed by atoms with van der Waals surface area (Å²) in [7, 11) is 0. The molecule has 20 heavy (non-hydrogen) atoms. The average Bonchev–Trinajstić information content (AvgIpc) is 2.45. The van der Waals surface area contributed by atoms with Crippen LogP contribution in [0, 0.1) is 0 Å². The number of aromatic carboxylic acids is 1. The Balaban J connectivity index is 2.15. The van der Waals surface area contributed by atoms with Gasteiger partial charge in [-0.3, -0.25) is 4.79 Å². The Kier molecular flexibility index (Phi) is 4.00. The number of nitrogens with two attached hydrogens (primary N) is 1. The number of carboxylic acid groups (broad SMARTS) is 1. The number of hydrogen-bond acceptors (Lipinski definition) is 3. The van der Waals surface area contributed by atoms with Crippen LogP contribution in [0.4, 0.5) is 0 Å². The lowest BCUT2D eigenvalue weighted by Gasteiger charge is -2.09. The molecule has 0 saturated heterocycles. The van der Waals surface area contributed by atoms with Crippen molar-refractivity contribution in [3.63, 3.8) is 0 Å². The fourth-order valence-electron chi connectivity index (χ4n) is 1.77. The van der Waals surface area contributed by atoms with Gasteiger partial charge in [0.2, 0.25) is 5.91 Å². The van der Waals surface area contributed by atoms with Gasteiger partial charge in [-0.15, -0.1) is 0 Å². The van der Waals surface area contributed by atoms with Gasteiger partial charge in [0.15, 0.2) is 0 Å². The smallest absolute Gasteiger partial charge is 0.335 e. The summed E-state index contributed by atoms with van der Waals surface area (Å²) in [6, 6.07) is 13.0. The second-order valence-electron chi connectivity index (χ2n) is 4.14. The lowest BCUT2D eigenvalue weighted by molar-refractivity contribution is 0.0696. The van der Waals surface area contributed by atoms with E-state index < -0.39 is 11.9 Å². The summed E-state index contributed by atoms with van der Waals surface area (Å²) in [6.45, 7) is 0.141. The number of primary amides is 1. The zero-order chi connectivity index (χ0) is 14.5. The van der Waals surface area contributed by atoms with Crippen LogP contribution in [0.25, 0.3) is 0 Å². The van der Waals surface area contributed by atoms with E-state index >= 15 is 0 Å². The van der Waals surface area contributed by atoms with E-state index in [1.165, 1.54) is 12.1 Å². The third-order valence-corrected chi connectivity index (χ3v) is 2.76. The molecular weight excluding hydrogens is 258 g/mol. The Morgan fingerprint density at radius 3 is 2.55 bits per heavy atom. The molecule has 0 unspecified atom stereocenters. The number of hydrogen-bond donors (Lipinski definition) is 2. The Morgan fingerprint density at radius 1 is 1.10 bits per heavy atom. The molecule has 0 saturated carbocycles. The molecule has 5 heteroatoms. The highest BCUT2D eigenvalue weighted by Crippen LogP contribution is 2.16. The predicted octanol–water partition coefficient (Wildman–Crippen LogP) is 2.06. The standard InChI is InChI=1S/C15H13NO4/c16-14(17)13-7-2-1-4-11(13)9-20-12-6-3-5-10(8-12)15(18)19/h1-8H,9H2,(H2,16,17)(H,18,19). The van der Waals surface area contributed by atoms with Crippen LogP contribution < -0.4 is 10.5 Å². The molecule has 5 nitrogen and oxygen atoms in total. The van der Waals surface area contributed by atoms with Gasteiger partial charge in [-0.2, -0.15) is 0 Å². The topological polar surface area (TPSA) is 89.6 Å². The van der Waals surface area contributed by atoms with Crippen LogP contribution >= 0.6 is 0 Å². The van der Waals surface area contributed by atoms with Crippen molar-refractivity contribution in [3.8, 4) is 5.75 Å². The SMILES string of the molecule is NC(=O)c1ccccc1COc1cccc(C(=O)O)c1. The van der Waals surface area contributed by atoms with Crippen LogP contribution in [0.3, 0.4) is 0 Å². The van der Waals surface area contributed by atoms with Crippen molar-refractivity contribution >= 4 is 11.9 Å². The van der Waals surface area contributed by atoms with Gasteiger partial charge in [0.05, 0.1) is 5.56 Å². The summed E-state index contributed by atoms with van der Waals surface area (Å²) in [6.07, 6.45) is 0. The molecule has 1 amide bonds. The van der Waals surface area contributed by atoms with Crippen LogP contribution in [0.15, 0.2) is 48.5 Å². The third kappa shape index (κ3) is 3.14. The summed E-state index contributed by atoms with van der Waals surface area (Å²) in [5.41, 5.74) is 6.46. The van der Waals surface area contributed by atoms with Crippen LogP contribution in [0.5, 0.6) is 5.75 Å². The van der Waals surface area contributed by atoms with Crippen molar-refractivity contribution in [1.82, 2.24) is 0 Å². The van der Waals surface area contributed by atoms with Gasteiger partial charge in [0.1, 0.15) is 12.4 Å². The minimum Gasteiger partial charge on any atom is -0.489 e. The Hall–Kier alpha value is -2.82. The van der Waals surface area contributed by atoms with Crippen molar-refractivity contribution < 1.29 is 19.4 Å². The minimum atomic E-state index is -1.02. The maximum atomic E-state index is 11.3. The number of amides is 1. The van der Waals surface area contributed by atoms with Gasteiger partial charge in [0.25, 0.3) is 0 Å². The van der Waals surface area contributed by atoms with Crippen molar-refractivity contribution in [3.05, 3.63) is 65.2 Å². The van der Waals surface area contributed by atoms with Gasteiger partial charge in [-0.1, -0.05) is 24.3 Å². The maximum absolute atomic E-state index is 11.3. The zero-order valence-corrected chi connectivity index (χ0v) is 10.6. The molecule has 2 aromatic rings. The molecule has 0 atom stereocenters. The van der Waals surface area contributed by atoms with Crippen molar-refractivity contribution in [2.45, 2.75) is 6.61 Å². The van der Waals surface area contributed by atoms with Crippen LogP contribution in [-0.4, -0.2) is 17.0 Å². The summed E-state index contributed by atoms with van der Waals surface area (Å²) >= 11 is 0. The first-order valence-electron chi connectivity index (χ1n) is 5.92. The van der Waals surface area contributed by atoms with Gasteiger partial charge in [-0.05, 0) is 24.3 Å². The third-order valence-electron chi connectivity index (χ3n) is 2.76. The Labute approximate surface area is 115 Å². The Bertz CT molecular complexity index is 652. The van der Waals surface area contributed by atoms with Gasteiger partial charge in [-0.25, -0.2) is 4.79 Å². The van der Waals surface area contributed by atoms with E-state index in [1.807, 2.05) is 0 Å². The summed E-state index contributed by atoms with van der Waals surface area (Å²) in [5, 5.41) is 8.89. The monoisotopic (exact) mass is 271 g/mol. The van der Waals surface area contributed by atoms with Crippen molar-refractivity contribution in [2.75, 3.05) is 0 Å². The van der Waals surface area contributed by atoms with E-state index in [-0.39, 0.29) is 12.2 Å². The molecule has 0 fully saturated rings. The zero-order valence-electron chi connectivity index (χ0n) is 10.6. The van der Waals surface area contributed by atoms with Crippen LogP contribution in [0.1, 0.15) is 26.3 Å². The van der Waals surface area contributed by atoms with Crippen LogP contribution in [-0.2, 0) is 6.61 Å². The molecular formula is C15H13NO4. The number of carbonyl (C=O) groups excluding carboxylic acids is 1.